The van der Waals surface area contributed by atoms with Crippen LogP contribution in [0.15, 0.2) is 78.1 Å². The van der Waals surface area contributed by atoms with E-state index in [-0.39, 0.29) is 61.5 Å². The highest BCUT2D eigenvalue weighted by atomic mass is 19.1. The van der Waals surface area contributed by atoms with Crippen molar-refractivity contribution in [2.75, 3.05) is 13.2 Å². The Balaban J connectivity index is 1.45. The van der Waals surface area contributed by atoms with E-state index in [4.69, 9.17) is 9.47 Å². The summed E-state index contributed by atoms with van der Waals surface area (Å²) in [6.45, 7) is 4.41. The molecule has 1 aliphatic heterocycles. The van der Waals surface area contributed by atoms with Gasteiger partial charge >= 0.3 is 5.97 Å². The van der Waals surface area contributed by atoms with Crippen LogP contribution in [0.3, 0.4) is 0 Å². The van der Waals surface area contributed by atoms with Gasteiger partial charge in [-0.15, -0.1) is 0 Å². The SMILES string of the molecule is CC(CC(=O)OCc1ccccc1)CC1(C(C)CC2=C(F)C(c3ccccc3O)CC=C2)COCC(=O)N1. The second-order valence-electron chi connectivity index (χ2n) is 10.6. The molecule has 7 heteroatoms. The number of benzene rings is 2. The molecule has 2 aromatic rings. The smallest absolute Gasteiger partial charge is 0.306 e. The summed E-state index contributed by atoms with van der Waals surface area (Å²) in [7, 11) is 0. The van der Waals surface area contributed by atoms with Crippen molar-refractivity contribution in [1.82, 2.24) is 5.32 Å². The first-order chi connectivity index (χ1) is 18.3. The molecular weight excluding hydrogens is 485 g/mol. The minimum atomic E-state index is -0.753. The maximum atomic E-state index is 15.7. The van der Waals surface area contributed by atoms with Gasteiger partial charge in [-0.25, -0.2) is 4.39 Å². The zero-order valence-electron chi connectivity index (χ0n) is 22.0. The highest BCUT2D eigenvalue weighted by molar-refractivity contribution is 5.79. The van der Waals surface area contributed by atoms with Crippen LogP contribution in [0.4, 0.5) is 4.39 Å². The second-order valence-corrected chi connectivity index (χ2v) is 10.6. The third kappa shape index (κ3) is 6.70. The van der Waals surface area contributed by atoms with Gasteiger partial charge in [0.25, 0.3) is 0 Å². The third-order valence-corrected chi connectivity index (χ3v) is 7.54. The van der Waals surface area contributed by atoms with Gasteiger partial charge in [-0.05, 0) is 48.3 Å². The van der Waals surface area contributed by atoms with E-state index in [9.17, 15) is 14.7 Å². The summed E-state index contributed by atoms with van der Waals surface area (Å²) in [6.07, 6.45) is 5.25. The lowest BCUT2D eigenvalue weighted by atomic mass is 9.73. The standard InChI is InChI=1S/C31H36FNO5/c1-21(15-29(36)38-18-23-9-4-3-5-10-23)17-31(20-37-19-28(35)33-31)22(2)16-24-11-8-13-26(30(24)32)25-12-6-7-14-27(25)34/h3-12,14,21-22,26,34H,13,15-20H2,1-2H3,(H,33,35). The van der Waals surface area contributed by atoms with Crippen LogP contribution in [0.2, 0.25) is 0 Å². The van der Waals surface area contributed by atoms with Crippen molar-refractivity contribution in [2.24, 2.45) is 11.8 Å². The molecule has 0 saturated carbocycles. The second kappa shape index (κ2) is 12.4. The molecule has 0 radical (unpaired) electrons. The van der Waals surface area contributed by atoms with Crippen molar-refractivity contribution in [1.29, 1.82) is 0 Å². The molecule has 0 bridgehead atoms. The summed E-state index contributed by atoms with van der Waals surface area (Å²) in [5, 5.41) is 13.4. The lowest BCUT2D eigenvalue weighted by Crippen LogP contribution is -2.61. The molecule has 202 valence electrons. The van der Waals surface area contributed by atoms with Crippen molar-refractivity contribution >= 4 is 11.9 Å². The number of amides is 1. The number of para-hydroxylation sites is 1. The van der Waals surface area contributed by atoms with E-state index >= 15 is 4.39 Å². The van der Waals surface area contributed by atoms with Crippen LogP contribution in [-0.2, 0) is 25.7 Å². The lowest BCUT2D eigenvalue weighted by molar-refractivity contribution is -0.146. The number of phenolic OH excluding ortho intramolecular Hbond substituents is 1. The van der Waals surface area contributed by atoms with Gasteiger partial charge in [-0.2, -0.15) is 0 Å². The van der Waals surface area contributed by atoms with Crippen molar-refractivity contribution in [3.8, 4) is 5.75 Å². The number of carbonyl (C=O) groups excluding carboxylic acids is 2. The maximum absolute atomic E-state index is 15.7. The molecule has 1 heterocycles. The van der Waals surface area contributed by atoms with E-state index in [0.717, 1.165) is 5.56 Å². The van der Waals surface area contributed by atoms with E-state index in [1.807, 2.05) is 50.3 Å². The summed E-state index contributed by atoms with van der Waals surface area (Å²) < 4.78 is 26.8. The molecule has 2 aromatic carbocycles. The van der Waals surface area contributed by atoms with E-state index in [1.165, 1.54) is 0 Å². The molecule has 1 fully saturated rings. The van der Waals surface area contributed by atoms with Gasteiger partial charge in [0.15, 0.2) is 0 Å². The topological polar surface area (TPSA) is 84.9 Å². The van der Waals surface area contributed by atoms with Gasteiger partial charge in [-0.3, -0.25) is 9.59 Å². The van der Waals surface area contributed by atoms with Crippen LogP contribution in [0, 0.1) is 11.8 Å². The number of carbonyl (C=O) groups is 2. The average molecular weight is 522 g/mol. The van der Waals surface area contributed by atoms with E-state index < -0.39 is 11.5 Å². The van der Waals surface area contributed by atoms with Crippen LogP contribution in [-0.4, -0.2) is 35.7 Å². The predicted molar refractivity (Wildman–Crippen MR) is 143 cm³/mol. The molecule has 4 unspecified atom stereocenters. The van der Waals surface area contributed by atoms with Gasteiger partial charge in [-0.1, -0.05) is 74.5 Å². The Labute approximate surface area is 223 Å². The number of morpholine rings is 1. The fourth-order valence-corrected chi connectivity index (χ4v) is 5.52. The minimum absolute atomic E-state index is 0.0196. The Bertz CT molecular complexity index is 1190. The monoisotopic (exact) mass is 521 g/mol. The normalized spacial score (nSPS) is 23.0. The van der Waals surface area contributed by atoms with Crippen LogP contribution in [0.5, 0.6) is 5.75 Å². The minimum Gasteiger partial charge on any atom is -0.508 e. The molecule has 2 N–H and O–H groups in total. The fourth-order valence-electron chi connectivity index (χ4n) is 5.52. The summed E-state index contributed by atoms with van der Waals surface area (Å²) in [6, 6.07) is 16.3. The molecule has 4 rings (SSSR count). The molecule has 1 saturated heterocycles. The molecule has 4 atom stereocenters. The van der Waals surface area contributed by atoms with Crippen LogP contribution in [0.25, 0.3) is 0 Å². The zero-order chi connectivity index (χ0) is 27.1. The molecule has 6 nitrogen and oxygen atoms in total. The number of nitrogens with one attached hydrogen (secondary N) is 1. The Kier molecular flexibility index (Phi) is 9.00. The number of halogens is 1. The summed E-state index contributed by atoms with van der Waals surface area (Å²) in [5.41, 5.74) is 1.28. The highest BCUT2D eigenvalue weighted by Gasteiger charge is 2.43. The predicted octanol–water partition coefficient (Wildman–Crippen LogP) is 5.73. The van der Waals surface area contributed by atoms with Crippen LogP contribution >= 0.6 is 0 Å². The number of hydrogen-bond donors (Lipinski definition) is 2. The zero-order valence-corrected chi connectivity index (χ0v) is 22.0. The Morgan fingerprint density at radius 1 is 1.18 bits per heavy atom. The van der Waals surface area contributed by atoms with E-state index in [1.54, 1.807) is 30.3 Å². The largest absolute Gasteiger partial charge is 0.508 e. The number of rotatable bonds is 10. The summed E-state index contributed by atoms with van der Waals surface area (Å²) in [5.74, 6) is -1.54. The Morgan fingerprint density at radius 3 is 2.66 bits per heavy atom. The fraction of sp³-hybridized carbons (Fsp3) is 0.419. The van der Waals surface area contributed by atoms with Crippen molar-refractivity contribution in [3.63, 3.8) is 0 Å². The van der Waals surface area contributed by atoms with E-state index in [2.05, 4.69) is 5.32 Å². The van der Waals surface area contributed by atoms with Crippen molar-refractivity contribution < 1.29 is 28.6 Å². The molecular formula is C31H36FNO5. The van der Waals surface area contributed by atoms with Crippen LogP contribution in [0.1, 0.15) is 56.6 Å². The first-order valence-electron chi connectivity index (χ1n) is 13.2. The molecule has 0 spiro atoms. The summed E-state index contributed by atoms with van der Waals surface area (Å²) >= 11 is 0. The highest BCUT2D eigenvalue weighted by Crippen LogP contribution is 2.42. The summed E-state index contributed by atoms with van der Waals surface area (Å²) in [4.78, 5) is 25.0. The number of allylic oxidation sites excluding steroid dienone is 4. The quantitative estimate of drug-likeness (QED) is 0.390. The van der Waals surface area contributed by atoms with Gasteiger partial charge in [0.1, 0.15) is 24.8 Å². The average Bonchev–Trinajstić information content (AvgIpc) is 2.89. The number of ether oxygens (including phenoxy) is 2. The number of esters is 1. The van der Waals surface area contributed by atoms with Gasteiger partial charge < -0.3 is 19.9 Å². The lowest BCUT2D eigenvalue weighted by Gasteiger charge is -2.44. The van der Waals surface area contributed by atoms with Gasteiger partial charge in [0, 0.05) is 17.9 Å². The Morgan fingerprint density at radius 2 is 1.92 bits per heavy atom. The van der Waals surface area contributed by atoms with Crippen molar-refractivity contribution in [2.45, 2.75) is 57.6 Å². The van der Waals surface area contributed by atoms with Gasteiger partial charge in [0.05, 0.1) is 12.1 Å². The maximum Gasteiger partial charge on any atom is 0.306 e. The van der Waals surface area contributed by atoms with Crippen LogP contribution < -0.4 is 5.32 Å². The third-order valence-electron chi connectivity index (χ3n) is 7.54. The number of hydrogen-bond acceptors (Lipinski definition) is 5. The molecule has 2 aliphatic rings. The number of aromatic hydroxyl groups is 1. The first-order valence-corrected chi connectivity index (χ1v) is 13.2. The number of phenols is 1. The van der Waals surface area contributed by atoms with Gasteiger partial charge in [0.2, 0.25) is 5.91 Å². The first kappa shape index (κ1) is 27.6. The Hall–Kier alpha value is -3.45. The van der Waals surface area contributed by atoms with Crippen molar-refractivity contribution in [3.05, 3.63) is 89.3 Å². The molecule has 1 amide bonds. The van der Waals surface area contributed by atoms with E-state index in [0.29, 0.717) is 30.4 Å². The molecule has 38 heavy (non-hydrogen) atoms. The molecule has 1 aliphatic carbocycles. The molecule has 0 aromatic heterocycles.